The Morgan fingerprint density at radius 3 is 2.93 bits per heavy atom. The van der Waals surface area contributed by atoms with Crippen LogP contribution in [0.3, 0.4) is 0 Å². The molecule has 0 spiro atoms. The van der Waals surface area contributed by atoms with Crippen molar-refractivity contribution in [2.45, 2.75) is 13.0 Å². The zero-order valence-electron chi connectivity index (χ0n) is 8.37. The summed E-state index contributed by atoms with van der Waals surface area (Å²) in [5, 5.41) is 7.64. The van der Waals surface area contributed by atoms with Crippen molar-refractivity contribution in [1.29, 1.82) is 0 Å². The van der Waals surface area contributed by atoms with E-state index in [0.29, 0.717) is 0 Å². The van der Waals surface area contributed by atoms with Gasteiger partial charge in [-0.1, -0.05) is 6.92 Å². The number of rotatable bonds is 4. The maximum atomic E-state index is 5.45. The average molecular weight is 286 g/mol. The molecule has 0 aromatic carbocycles. The van der Waals surface area contributed by atoms with Crippen LogP contribution in [-0.2, 0) is 0 Å². The van der Waals surface area contributed by atoms with Crippen LogP contribution in [0.2, 0.25) is 0 Å². The molecular weight excluding hydrogens is 274 g/mol. The van der Waals surface area contributed by atoms with E-state index in [9.17, 15) is 0 Å². The van der Waals surface area contributed by atoms with Crippen molar-refractivity contribution in [3.8, 4) is 0 Å². The number of nitrogens with one attached hydrogen (secondary N) is 1. The standard InChI is InChI=1S/C11H12BrNOS/c1-2-13-11(10-4-3-5-14-10)8-6-15-7-9(8)12/h3-7,11,13H,2H2,1H3. The van der Waals surface area contributed by atoms with E-state index in [1.165, 1.54) is 5.56 Å². The summed E-state index contributed by atoms with van der Waals surface area (Å²) in [6.07, 6.45) is 1.71. The molecule has 2 aromatic rings. The van der Waals surface area contributed by atoms with Crippen LogP contribution in [0.1, 0.15) is 24.3 Å². The third-order valence-electron chi connectivity index (χ3n) is 2.19. The van der Waals surface area contributed by atoms with Gasteiger partial charge in [0.2, 0.25) is 0 Å². The summed E-state index contributed by atoms with van der Waals surface area (Å²) in [6.45, 7) is 3.00. The zero-order chi connectivity index (χ0) is 10.7. The molecule has 0 radical (unpaired) electrons. The Balaban J connectivity index is 2.32. The summed E-state index contributed by atoms with van der Waals surface area (Å²) in [4.78, 5) is 0. The Kier molecular flexibility index (Phi) is 3.61. The second-order valence-corrected chi connectivity index (χ2v) is 4.78. The Morgan fingerprint density at radius 2 is 2.40 bits per heavy atom. The van der Waals surface area contributed by atoms with Gasteiger partial charge >= 0.3 is 0 Å². The Labute approximate surface area is 101 Å². The van der Waals surface area contributed by atoms with Gasteiger partial charge in [-0.15, -0.1) is 0 Å². The molecule has 0 aliphatic heterocycles. The van der Waals surface area contributed by atoms with E-state index in [1.807, 2.05) is 12.1 Å². The van der Waals surface area contributed by atoms with E-state index in [4.69, 9.17) is 4.42 Å². The Hall–Kier alpha value is -0.580. The van der Waals surface area contributed by atoms with Crippen LogP contribution in [0.15, 0.2) is 38.0 Å². The van der Waals surface area contributed by atoms with E-state index < -0.39 is 0 Å². The van der Waals surface area contributed by atoms with Crippen molar-refractivity contribution in [1.82, 2.24) is 5.32 Å². The van der Waals surface area contributed by atoms with Gasteiger partial charge in [0.1, 0.15) is 5.76 Å². The number of thiophene rings is 1. The number of furan rings is 1. The number of halogens is 1. The van der Waals surface area contributed by atoms with E-state index in [0.717, 1.165) is 16.8 Å². The fourth-order valence-electron chi connectivity index (χ4n) is 1.52. The molecule has 0 saturated heterocycles. The molecule has 0 aliphatic carbocycles. The highest BCUT2D eigenvalue weighted by atomic mass is 79.9. The average Bonchev–Trinajstić information content (AvgIpc) is 2.85. The van der Waals surface area contributed by atoms with Gasteiger partial charge in [-0.05, 0) is 40.0 Å². The molecule has 1 N–H and O–H groups in total. The summed E-state index contributed by atoms with van der Waals surface area (Å²) in [6, 6.07) is 4.06. The van der Waals surface area contributed by atoms with Crippen molar-refractivity contribution >= 4 is 27.3 Å². The largest absolute Gasteiger partial charge is 0.467 e. The minimum Gasteiger partial charge on any atom is -0.467 e. The van der Waals surface area contributed by atoms with E-state index in [1.54, 1.807) is 17.6 Å². The van der Waals surface area contributed by atoms with Crippen molar-refractivity contribution < 1.29 is 4.42 Å². The van der Waals surface area contributed by atoms with Gasteiger partial charge in [0.25, 0.3) is 0 Å². The molecular formula is C11H12BrNOS. The van der Waals surface area contributed by atoms with Gasteiger partial charge in [-0.25, -0.2) is 0 Å². The molecule has 80 valence electrons. The number of hydrogen-bond acceptors (Lipinski definition) is 3. The van der Waals surface area contributed by atoms with E-state index >= 15 is 0 Å². The molecule has 2 nitrogen and oxygen atoms in total. The predicted octanol–water partition coefficient (Wildman–Crippen LogP) is 3.80. The highest BCUT2D eigenvalue weighted by Crippen LogP contribution is 2.31. The predicted molar refractivity (Wildman–Crippen MR) is 66.2 cm³/mol. The smallest absolute Gasteiger partial charge is 0.125 e. The van der Waals surface area contributed by atoms with Crippen molar-refractivity contribution in [3.05, 3.63) is 45.0 Å². The van der Waals surface area contributed by atoms with E-state index in [2.05, 4.69) is 38.9 Å². The Bertz CT molecular complexity index is 410. The first kappa shape index (κ1) is 10.9. The first-order valence-electron chi connectivity index (χ1n) is 4.81. The highest BCUT2D eigenvalue weighted by Gasteiger charge is 2.18. The van der Waals surface area contributed by atoms with Gasteiger partial charge in [-0.2, -0.15) is 11.3 Å². The van der Waals surface area contributed by atoms with Crippen LogP contribution in [0.5, 0.6) is 0 Å². The minimum absolute atomic E-state index is 0.144. The van der Waals surface area contributed by atoms with Crippen molar-refractivity contribution in [3.63, 3.8) is 0 Å². The molecule has 1 atom stereocenters. The van der Waals surface area contributed by atoms with Gasteiger partial charge in [0, 0.05) is 15.4 Å². The summed E-state index contributed by atoms with van der Waals surface area (Å²) in [5.74, 6) is 0.955. The lowest BCUT2D eigenvalue weighted by molar-refractivity contribution is 0.452. The van der Waals surface area contributed by atoms with Gasteiger partial charge in [0.05, 0.1) is 12.3 Å². The lowest BCUT2D eigenvalue weighted by atomic mass is 10.1. The lowest BCUT2D eigenvalue weighted by Crippen LogP contribution is -2.21. The first-order valence-corrected chi connectivity index (χ1v) is 6.55. The summed E-state index contributed by atoms with van der Waals surface area (Å²) in [7, 11) is 0. The molecule has 1 unspecified atom stereocenters. The van der Waals surface area contributed by atoms with Gasteiger partial charge in [0.15, 0.2) is 0 Å². The normalized spacial score (nSPS) is 12.9. The molecule has 2 aromatic heterocycles. The fraction of sp³-hybridized carbons (Fsp3) is 0.273. The van der Waals surface area contributed by atoms with Crippen molar-refractivity contribution in [2.75, 3.05) is 6.54 Å². The fourth-order valence-corrected chi connectivity index (χ4v) is 3.07. The quantitative estimate of drug-likeness (QED) is 0.924. The Morgan fingerprint density at radius 1 is 1.53 bits per heavy atom. The molecule has 0 fully saturated rings. The van der Waals surface area contributed by atoms with Crippen LogP contribution in [-0.4, -0.2) is 6.54 Å². The maximum absolute atomic E-state index is 5.45. The van der Waals surface area contributed by atoms with Gasteiger partial charge in [-0.3, -0.25) is 0 Å². The monoisotopic (exact) mass is 285 g/mol. The second kappa shape index (κ2) is 4.96. The third kappa shape index (κ3) is 2.33. The molecule has 0 bridgehead atoms. The third-order valence-corrected chi connectivity index (χ3v) is 3.94. The maximum Gasteiger partial charge on any atom is 0.125 e. The topological polar surface area (TPSA) is 25.2 Å². The zero-order valence-corrected chi connectivity index (χ0v) is 10.8. The molecule has 15 heavy (non-hydrogen) atoms. The molecule has 0 aliphatic rings. The summed E-state index contributed by atoms with van der Waals surface area (Å²) in [5.41, 5.74) is 1.23. The molecule has 2 heterocycles. The minimum atomic E-state index is 0.144. The van der Waals surface area contributed by atoms with Gasteiger partial charge < -0.3 is 9.73 Å². The lowest BCUT2D eigenvalue weighted by Gasteiger charge is -2.14. The first-order chi connectivity index (χ1) is 7.33. The van der Waals surface area contributed by atoms with Crippen LogP contribution >= 0.6 is 27.3 Å². The van der Waals surface area contributed by atoms with Crippen LogP contribution in [0.4, 0.5) is 0 Å². The molecule has 0 amide bonds. The SMILES string of the molecule is CCNC(c1ccco1)c1cscc1Br. The second-order valence-electron chi connectivity index (χ2n) is 3.18. The van der Waals surface area contributed by atoms with Crippen LogP contribution in [0, 0.1) is 0 Å². The molecule has 0 saturated carbocycles. The number of hydrogen-bond donors (Lipinski definition) is 1. The van der Waals surface area contributed by atoms with Crippen LogP contribution in [0.25, 0.3) is 0 Å². The van der Waals surface area contributed by atoms with Crippen molar-refractivity contribution in [2.24, 2.45) is 0 Å². The highest BCUT2D eigenvalue weighted by molar-refractivity contribution is 9.10. The van der Waals surface area contributed by atoms with Crippen LogP contribution < -0.4 is 5.32 Å². The van der Waals surface area contributed by atoms with E-state index in [-0.39, 0.29) is 6.04 Å². The summed E-state index contributed by atoms with van der Waals surface area (Å²) < 4.78 is 6.58. The summed E-state index contributed by atoms with van der Waals surface area (Å²) >= 11 is 5.24. The molecule has 4 heteroatoms. The molecule has 2 rings (SSSR count).